The molecule has 0 saturated heterocycles. The van der Waals surface area contributed by atoms with E-state index in [4.69, 9.17) is 9.97 Å². The molecule has 3 aromatic heterocycles. The molecule has 4 aromatic carbocycles. The molecular formula is C41H37N5PtSi. The Labute approximate surface area is 298 Å². The summed E-state index contributed by atoms with van der Waals surface area (Å²) in [6, 6.07) is 55.8. The van der Waals surface area contributed by atoms with Gasteiger partial charge in [-0.1, -0.05) is 166 Å². The van der Waals surface area contributed by atoms with Crippen molar-refractivity contribution in [1.82, 2.24) is 20.2 Å². The van der Waals surface area contributed by atoms with E-state index in [1.54, 1.807) is 0 Å². The van der Waals surface area contributed by atoms with Crippen LogP contribution in [0.5, 0.6) is 0 Å². The molecule has 0 aliphatic heterocycles. The van der Waals surface area contributed by atoms with Crippen molar-refractivity contribution in [3.8, 4) is 11.4 Å². The van der Waals surface area contributed by atoms with Gasteiger partial charge >= 0.3 is 21.1 Å². The second-order valence-electron chi connectivity index (χ2n) is 12.3. The van der Waals surface area contributed by atoms with E-state index in [1.807, 2.05) is 79.0 Å². The molecule has 0 atom stereocenters. The van der Waals surface area contributed by atoms with E-state index in [-0.39, 0.29) is 26.5 Å². The fourth-order valence-corrected chi connectivity index (χ4v) is 9.99. The maximum absolute atomic E-state index is 5.26. The van der Waals surface area contributed by atoms with Crippen LogP contribution in [0, 0.1) is 0 Å². The molecule has 0 amide bonds. The second-order valence-corrected chi connectivity index (χ2v) is 15.9. The van der Waals surface area contributed by atoms with Gasteiger partial charge in [-0.15, -0.1) is 11.4 Å². The van der Waals surface area contributed by atoms with Gasteiger partial charge in [-0.05, 0) is 34.6 Å². The summed E-state index contributed by atoms with van der Waals surface area (Å²) in [5.74, 6) is 0. The van der Waals surface area contributed by atoms with Gasteiger partial charge in [-0.3, -0.25) is 9.97 Å². The molecule has 3 heterocycles. The molecule has 0 aliphatic rings. The van der Waals surface area contributed by atoms with Crippen molar-refractivity contribution in [2.24, 2.45) is 0 Å². The topological polar surface area (TPSA) is 66.9 Å². The minimum absolute atomic E-state index is 0. The number of aromatic nitrogens is 4. The summed E-state index contributed by atoms with van der Waals surface area (Å²) in [5.41, 5.74) is 4.53. The Hall–Kier alpha value is -4.90. The normalized spacial score (nSPS) is 11.1. The molecule has 0 radical (unpaired) electrons. The molecule has 0 aliphatic carbocycles. The zero-order chi connectivity index (χ0) is 32.5. The summed E-state index contributed by atoms with van der Waals surface area (Å²) in [7, 11) is -2.76. The van der Waals surface area contributed by atoms with Gasteiger partial charge < -0.3 is 15.5 Å². The Morgan fingerprint density at radius 3 is 1.54 bits per heavy atom. The number of benzene rings is 4. The van der Waals surface area contributed by atoms with Crippen molar-refractivity contribution in [2.45, 2.75) is 26.2 Å². The molecule has 0 spiro atoms. The molecule has 0 N–H and O–H groups in total. The average Bonchev–Trinajstić information content (AvgIpc) is 3.64. The number of pyridine rings is 2. The van der Waals surface area contributed by atoms with E-state index in [9.17, 15) is 0 Å². The smallest absolute Gasteiger partial charge is 0.658 e. The van der Waals surface area contributed by atoms with Crippen molar-refractivity contribution in [2.75, 3.05) is 0 Å². The molecule has 7 aromatic rings. The molecule has 0 fully saturated rings. The molecule has 0 unspecified atom stereocenters. The van der Waals surface area contributed by atoms with Gasteiger partial charge in [0, 0.05) is 33.6 Å². The van der Waals surface area contributed by atoms with Crippen LogP contribution in [-0.2, 0) is 26.5 Å². The average molecular weight is 823 g/mol. The first-order valence-corrected chi connectivity index (χ1v) is 17.8. The second kappa shape index (κ2) is 15.8. The van der Waals surface area contributed by atoms with Crippen molar-refractivity contribution < 1.29 is 21.1 Å². The Morgan fingerprint density at radius 2 is 1.06 bits per heavy atom. The minimum atomic E-state index is -2.76. The van der Waals surface area contributed by atoms with Gasteiger partial charge in [0.05, 0.1) is 0 Å². The summed E-state index contributed by atoms with van der Waals surface area (Å²) in [6.07, 6.45) is 1.88. The van der Waals surface area contributed by atoms with Crippen molar-refractivity contribution >= 4 is 40.5 Å². The van der Waals surface area contributed by atoms with Gasteiger partial charge in [0.2, 0.25) is 8.07 Å². The molecule has 0 saturated carbocycles. The first-order valence-electron chi connectivity index (χ1n) is 15.8. The largest absolute Gasteiger partial charge is 2.00 e. The van der Waals surface area contributed by atoms with E-state index in [2.05, 4.69) is 127 Å². The van der Waals surface area contributed by atoms with Crippen LogP contribution in [0.1, 0.15) is 26.5 Å². The number of hydrogen-bond donors (Lipinski definition) is 0. The third-order valence-electron chi connectivity index (χ3n) is 7.94. The third kappa shape index (κ3) is 7.79. The molecule has 7 heteroatoms. The van der Waals surface area contributed by atoms with Crippen LogP contribution < -0.4 is 26.1 Å². The monoisotopic (exact) mass is 822 g/mol. The summed E-state index contributed by atoms with van der Waals surface area (Å²) in [5, 5.41) is 17.9. The zero-order valence-corrected chi connectivity index (χ0v) is 30.5. The van der Waals surface area contributed by atoms with Gasteiger partial charge in [0.25, 0.3) is 0 Å². The summed E-state index contributed by atoms with van der Waals surface area (Å²) in [6.45, 7) is 6.44. The Morgan fingerprint density at radius 1 is 0.562 bits per heavy atom. The van der Waals surface area contributed by atoms with Gasteiger partial charge in [-0.25, -0.2) is 0 Å². The Kier molecular flexibility index (Phi) is 11.3. The maximum atomic E-state index is 5.26. The number of para-hydroxylation sites is 2. The minimum Gasteiger partial charge on any atom is -0.658 e. The van der Waals surface area contributed by atoms with Crippen molar-refractivity contribution in [3.63, 3.8) is 0 Å². The predicted octanol–water partition coefficient (Wildman–Crippen LogP) is 7.19. The number of rotatable bonds is 7. The number of nitrogens with zero attached hydrogens (tertiary/aromatic N) is 5. The van der Waals surface area contributed by atoms with Crippen LogP contribution in [-0.4, -0.2) is 23.1 Å². The standard InChI is InChI=1S/C29H27N4Si.C12H10N.Pt/c1-29(2,3)26-21-25(32-33-26)24-17-12-19-28(31-24)34(22-13-6-4-7-14-22,23-15-8-5-9-16-23)27-18-10-11-20-30-27;1-3-7-11(8-4-1)13-12-9-5-2-6-10-12;/h4-21H,1-3H3;1-10H;/q2*-1;+2. The SMILES string of the molecule is CC(C)(C)c1cc(-c2cccc([Si](c3ccccc3)(c3ccccc3)c3ccccn3)n2)[n-]n1.[Pt+2].c1ccc([N-]c2ccccc2)cc1. The van der Waals surface area contributed by atoms with Crippen LogP contribution in [0.3, 0.4) is 0 Å². The summed E-state index contributed by atoms with van der Waals surface area (Å²) in [4.78, 5) is 10.2. The molecule has 5 nitrogen and oxygen atoms in total. The zero-order valence-electron chi connectivity index (χ0n) is 27.2. The molecule has 48 heavy (non-hydrogen) atoms. The fraction of sp³-hybridized carbons (Fsp3) is 0.0976. The van der Waals surface area contributed by atoms with Crippen molar-refractivity contribution in [3.05, 3.63) is 181 Å². The molecule has 0 bridgehead atoms. The van der Waals surface area contributed by atoms with Crippen LogP contribution in [0.2, 0.25) is 0 Å². The first kappa shape index (κ1) is 34.4. The Balaban J connectivity index is 0.000000270. The van der Waals surface area contributed by atoms with Gasteiger partial charge in [0.15, 0.2) is 0 Å². The Bertz CT molecular complexity index is 1850. The number of hydrogen-bond acceptors (Lipinski definition) is 3. The van der Waals surface area contributed by atoms with E-state index >= 15 is 0 Å². The molecular weight excluding hydrogens is 786 g/mol. The first-order chi connectivity index (χ1) is 22.9. The van der Waals surface area contributed by atoms with Crippen LogP contribution in [0.25, 0.3) is 16.7 Å². The van der Waals surface area contributed by atoms with E-state index in [0.29, 0.717) is 0 Å². The van der Waals surface area contributed by atoms with Crippen molar-refractivity contribution in [1.29, 1.82) is 0 Å². The molecule has 240 valence electrons. The molecule has 7 rings (SSSR count). The van der Waals surface area contributed by atoms with Crippen LogP contribution in [0.4, 0.5) is 11.4 Å². The third-order valence-corrected chi connectivity index (χ3v) is 12.4. The van der Waals surface area contributed by atoms with Crippen LogP contribution >= 0.6 is 0 Å². The van der Waals surface area contributed by atoms with E-state index in [0.717, 1.165) is 39.1 Å². The summed E-state index contributed by atoms with van der Waals surface area (Å²) < 4.78 is 0. The summed E-state index contributed by atoms with van der Waals surface area (Å²) >= 11 is 0. The van der Waals surface area contributed by atoms with E-state index < -0.39 is 8.07 Å². The maximum Gasteiger partial charge on any atom is 2.00 e. The van der Waals surface area contributed by atoms with Crippen LogP contribution in [0.15, 0.2) is 170 Å². The fourth-order valence-electron chi connectivity index (χ4n) is 5.58. The van der Waals surface area contributed by atoms with Gasteiger partial charge in [0.1, 0.15) is 0 Å². The quantitative estimate of drug-likeness (QED) is 0.160. The van der Waals surface area contributed by atoms with E-state index in [1.165, 1.54) is 10.4 Å². The van der Waals surface area contributed by atoms with Gasteiger partial charge in [-0.2, -0.15) is 0 Å². The predicted molar refractivity (Wildman–Crippen MR) is 196 cm³/mol.